The molecule has 0 aromatic carbocycles. The first-order valence-corrected chi connectivity index (χ1v) is 6.86. The lowest BCUT2D eigenvalue weighted by molar-refractivity contribution is 0.0112. The number of pyridine rings is 1. The van der Waals surface area contributed by atoms with Gasteiger partial charge in [0.1, 0.15) is 5.82 Å². The maximum Gasteiger partial charge on any atom is 0.215 e. The molecule has 1 unspecified atom stereocenters. The minimum absolute atomic E-state index is 0.393. The first-order valence-electron chi connectivity index (χ1n) is 6.86. The molecule has 5 nitrogen and oxygen atoms in total. The molecule has 0 aliphatic carbocycles. The maximum absolute atomic E-state index is 5.73. The number of aryl methyl sites for hydroxylation is 1. The van der Waals surface area contributed by atoms with E-state index in [0.717, 1.165) is 36.4 Å². The Balaban J connectivity index is 1.67. The Bertz CT molecular complexity index is 547. The fraction of sp³-hybridized carbons (Fsp3) is 0.571. The van der Waals surface area contributed by atoms with E-state index in [-0.39, 0.29) is 0 Å². The van der Waals surface area contributed by atoms with Gasteiger partial charge >= 0.3 is 0 Å². The van der Waals surface area contributed by atoms with Gasteiger partial charge in [0.15, 0.2) is 5.65 Å². The Kier molecular flexibility index (Phi) is 3.64. The van der Waals surface area contributed by atoms with Crippen molar-refractivity contribution in [3.63, 3.8) is 0 Å². The van der Waals surface area contributed by atoms with Crippen LogP contribution in [0, 0.1) is 0 Å². The maximum atomic E-state index is 5.73. The number of aromatic amines is 1. The molecule has 5 heteroatoms. The van der Waals surface area contributed by atoms with Gasteiger partial charge < -0.3 is 14.5 Å². The number of rotatable bonds is 4. The Hall–Kier alpha value is -1.62. The standard InChI is InChI=1S/C14H19N3O2/c1-18-13-8-6-11-14(17-13)16-12(15-11)7-5-10-4-2-3-9-19-10/h6,8,10H,2-5,7,9H2,1H3,(H,15,16,17). The van der Waals surface area contributed by atoms with Crippen molar-refractivity contribution in [3.05, 3.63) is 18.0 Å². The summed E-state index contributed by atoms with van der Waals surface area (Å²) in [6.07, 6.45) is 5.98. The summed E-state index contributed by atoms with van der Waals surface area (Å²) in [5.74, 6) is 1.58. The summed E-state index contributed by atoms with van der Waals surface area (Å²) in [5.41, 5.74) is 1.68. The minimum Gasteiger partial charge on any atom is -0.481 e. The molecule has 1 saturated heterocycles. The fourth-order valence-electron chi connectivity index (χ4n) is 2.49. The molecule has 19 heavy (non-hydrogen) atoms. The molecule has 0 saturated carbocycles. The highest BCUT2D eigenvalue weighted by molar-refractivity contribution is 5.71. The topological polar surface area (TPSA) is 60.0 Å². The average Bonchev–Trinajstić information content (AvgIpc) is 2.88. The van der Waals surface area contributed by atoms with Gasteiger partial charge in [-0.1, -0.05) is 0 Å². The van der Waals surface area contributed by atoms with Gasteiger partial charge in [-0.05, 0) is 31.7 Å². The van der Waals surface area contributed by atoms with Crippen molar-refractivity contribution in [3.8, 4) is 5.88 Å². The Morgan fingerprint density at radius 1 is 1.37 bits per heavy atom. The van der Waals surface area contributed by atoms with Gasteiger partial charge in [0, 0.05) is 19.1 Å². The number of methoxy groups -OCH3 is 1. The molecule has 1 atom stereocenters. The molecule has 1 aliphatic heterocycles. The lowest BCUT2D eigenvalue weighted by Crippen LogP contribution is -2.19. The molecule has 1 fully saturated rings. The molecule has 102 valence electrons. The van der Waals surface area contributed by atoms with Gasteiger partial charge in [0.2, 0.25) is 5.88 Å². The molecule has 0 bridgehead atoms. The van der Waals surface area contributed by atoms with E-state index in [0.29, 0.717) is 12.0 Å². The van der Waals surface area contributed by atoms with E-state index in [1.807, 2.05) is 12.1 Å². The van der Waals surface area contributed by atoms with E-state index >= 15 is 0 Å². The van der Waals surface area contributed by atoms with Crippen molar-refractivity contribution in [1.29, 1.82) is 0 Å². The monoisotopic (exact) mass is 261 g/mol. The van der Waals surface area contributed by atoms with Crippen LogP contribution in [0.2, 0.25) is 0 Å². The fourth-order valence-corrected chi connectivity index (χ4v) is 2.49. The van der Waals surface area contributed by atoms with Crippen molar-refractivity contribution < 1.29 is 9.47 Å². The van der Waals surface area contributed by atoms with Gasteiger partial charge in [-0.25, -0.2) is 4.98 Å². The predicted molar refractivity (Wildman–Crippen MR) is 72.4 cm³/mol. The number of aromatic nitrogens is 3. The van der Waals surface area contributed by atoms with Crippen molar-refractivity contribution in [2.24, 2.45) is 0 Å². The normalized spacial score (nSPS) is 19.7. The highest BCUT2D eigenvalue weighted by atomic mass is 16.5. The summed E-state index contributed by atoms with van der Waals surface area (Å²) in [5, 5.41) is 0. The first-order chi connectivity index (χ1) is 9.35. The Labute approximate surface area is 112 Å². The van der Waals surface area contributed by atoms with Crippen molar-refractivity contribution in [2.75, 3.05) is 13.7 Å². The minimum atomic E-state index is 0.393. The van der Waals surface area contributed by atoms with Crippen LogP contribution in [-0.2, 0) is 11.2 Å². The summed E-state index contributed by atoms with van der Waals surface area (Å²) in [6, 6.07) is 3.79. The number of ether oxygens (including phenoxy) is 2. The second kappa shape index (κ2) is 5.57. The highest BCUT2D eigenvalue weighted by Gasteiger charge is 2.14. The van der Waals surface area contributed by atoms with Crippen LogP contribution in [0.15, 0.2) is 12.1 Å². The van der Waals surface area contributed by atoms with Crippen LogP contribution in [0.3, 0.4) is 0 Å². The molecule has 0 spiro atoms. The van der Waals surface area contributed by atoms with Gasteiger partial charge in [0.25, 0.3) is 0 Å². The summed E-state index contributed by atoms with van der Waals surface area (Å²) in [6.45, 7) is 0.906. The largest absolute Gasteiger partial charge is 0.481 e. The van der Waals surface area contributed by atoms with Crippen molar-refractivity contribution in [1.82, 2.24) is 15.0 Å². The van der Waals surface area contributed by atoms with Crippen LogP contribution in [0.4, 0.5) is 0 Å². The van der Waals surface area contributed by atoms with Crippen LogP contribution < -0.4 is 4.74 Å². The third-order valence-corrected chi connectivity index (χ3v) is 3.56. The van der Waals surface area contributed by atoms with Crippen molar-refractivity contribution in [2.45, 2.75) is 38.2 Å². The van der Waals surface area contributed by atoms with E-state index < -0.39 is 0 Å². The Morgan fingerprint density at radius 3 is 3.11 bits per heavy atom. The number of imidazole rings is 1. The Morgan fingerprint density at radius 2 is 2.32 bits per heavy atom. The van der Waals surface area contributed by atoms with Gasteiger partial charge in [-0.3, -0.25) is 0 Å². The number of nitrogens with one attached hydrogen (secondary N) is 1. The van der Waals surface area contributed by atoms with E-state index in [4.69, 9.17) is 9.47 Å². The van der Waals surface area contributed by atoms with Crippen LogP contribution >= 0.6 is 0 Å². The second-order valence-electron chi connectivity index (χ2n) is 4.94. The van der Waals surface area contributed by atoms with Gasteiger partial charge in [0.05, 0.1) is 18.7 Å². The zero-order valence-electron chi connectivity index (χ0n) is 11.2. The average molecular weight is 261 g/mol. The van der Waals surface area contributed by atoms with Crippen LogP contribution in [0.5, 0.6) is 5.88 Å². The lowest BCUT2D eigenvalue weighted by Gasteiger charge is -2.21. The second-order valence-corrected chi connectivity index (χ2v) is 4.94. The molecule has 1 aliphatic rings. The molecule has 3 heterocycles. The molecule has 3 rings (SSSR count). The molecular formula is C14H19N3O2. The first kappa shape index (κ1) is 12.4. The number of nitrogens with zero attached hydrogens (tertiary/aromatic N) is 2. The van der Waals surface area contributed by atoms with Crippen LogP contribution in [0.25, 0.3) is 11.2 Å². The third kappa shape index (κ3) is 2.87. The zero-order valence-corrected chi connectivity index (χ0v) is 11.2. The number of H-pyrrole nitrogens is 1. The molecule has 2 aromatic heterocycles. The lowest BCUT2D eigenvalue weighted by atomic mass is 10.0. The van der Waals surface area contributed by atoms with Crippen LogP contribution in [0.1, 0.15) is 31.5 Å². The molecule has 0 amide bonds. The quantitative estimate of drug-likeness (QED) is 0.918. The molecular weight excluding hydrogens is 242 g/mol. The number of hydrogen-bond acceptors (Lipinski definition) is 4. The molecule has 0 radical (unpaired) electrons. The molecule has 2 aromatic rings. The number of fused-ring (bicyclic) bond motifs is 1. The van der Waals surface area contributed by atoms with Gasteiger partial charge in [-0.15, -0.1) is 0 Å². The van der Waals surface area contributed by atoms with E-state index in [2.05, 4.69) is 15.0 Å². The SMILES string of the molecule is COc1ccc2[nH]c(CCC3CCCCO3)nc2n1. The zero-order chi connectivity index (χ0) is 13.1. The summed E-state index contributed by atoms with van der Waals surface area (Å²) >= 11 is 0. The molecule has 1 N–H and O–H groups in total. The van der Waals surface area contributed by atoms with E-state index in [1.54, 1.807) is 7.11 Å². The summed E-state index contributed by atoms with van der Waals surface area (Å²) in [4.78, 5) is 12.1. The highest BCUT2D eigenvalue weighted by Crippen LogP contribution is 2.19. The summed E-state index contributed by atoms with van der Waals surface area (Å²) < 4.78 is 10.8. The van der Waals surface area contributed by atoms with E-state index in [1.165, 1.54) is 19.3 Å². The number of hydrogen-bond donors (Lipinski definition) is 1. The van der Waals surface area contributed by atoms with E-state index in [9.17, 15) is 0 Å². The van der Waals surface area contributed by atoms with Crippen LogP contribution in [-0.4, -0.2) is 34.8 Å². The third-order valence-electron chi connectivity index (χ3n) is 3.56. The van der Waals surface area contributed by atoms with Gasteiger partial charge in [-0.2, -0.15) is 4.98 Å². The van der Waals surface area contributed by atoms with Crippen molar-refractivity contribution >= 4 is 11.2 Å². The predicted octanol–water partition coefficient (Wildman–Crippen LogP) is 2.47. The smallest absolute Gasteiger partial charge is 0.215 e. The summed E-state index contributed by atoms with van der Waals surface area (Å²) in [7, 11) is 1.61.